The molecule has 0 aromatic rings. The first-order valence-corrected chi connectivity index (χ1v) is 6.55. The molecule has 1 saturated carbocycles. The molecule has 2 heterocycles. The van der Waals surface area contributed by atoms with Crippen molar-refractivity contribution in [1.82, 2.24) is 4.90 Å². The largest absolute Gasteiger partial charge is 0.339 e. The fourth-order valence-corrected chi connectivity index (χ4v) is 4.28. The minimum Gasteiger partial charge on any atom is -0.339 e. The molecule has 0 radical (unpaired) electrons. The van der Waals surface area contributed by atoms with Crippen LogP contribution in [0.25, 0.3) is 0 Å². The lowest BCUT2D eigenvalue weighted by Gasteiger charge is -2.39. The summed E-state index contributed by atoms with van der Waals surface area (Å²) in [5, 5.41) is 0. The van der Waals surface area contributed by atoms with Crippen LogP contribution in [0, 0.1) is 17.8 Å². The average molecular weight is 207 g/mol. The molecule has 84 valence electrons. The van der Waals surface area contributed by atoms with Gasteiger partial charge in [-0.1, -0.05) is 6.92 Å². The zero-order valence-electron chi connectivity index (χ0n) is 9.61. The van der Waals surface area contributed by atoms with Gasteiger partial charge in [0.25, 0.3) is 0 Å². The lowest BCUT2D eigenvalue weighted by molar-refractivity contribution is -0.132. The molecule has 0 bridgehead atoms. The summed E-state index contributed by atoms with van der Waals surface area (Å²) in [5.41, 5.74) is 0. The zero-order chi connectivity index (χ0) is 10.4. The maximum Gasteiger partial charge on any atom is 0.222 e. The van der Waals surface area contributed by atoms with Crippen LogP contribution in [0.3, 0.4) is 0 Å². The highest BCUT2D eigenvalue weighted by Gasteiger charge is 2.46. The second-order valence-corrected chi connectivity index (χ2v) is 5.86. The first kappa shape index (κ1) is 9.68. The molecule has 2 nitrogen and oxygen atoms in total. The highest BCUT2D eigenvalue weighted by Crippen LogP contribution is 2.45. The first-order chi connectivity index (χ1) is 7.25. The molecule has 2 heteroatoms. The minimum absolute atomic E-state index is 0.444. The fourth-order valence-electron chi connectivity index (χ4n) is 4.28. The molecule has 4 atom stereocenters. The van der Waals surface area contributed by atoms with Crippen molar-refractivity contribution in [2.75, 3.05) is 6.54 Å². The fraction of sp³-hybridized carbons (Fsp3) is 0.923. The summed E-state index contributed by atoms with van der Waals surface area (Å²) in [6.07, 6.45) is 7.25. The molecular weight excluding hydrogens is 186 g/mol. The van der Waals surface area contributed by atoms with Crippen molar-refractivity contribution in [2.24, 2.45) is 17.8 Å². The molecule has 3 fully saturated rings. The van der Waals surface area contributed by atoms with Crippen molar-refractivity contribution in [3.8, 4) is 0 Å². The van der Waals surface area contributed by atoms with Crippen molar-refractivity contribution in [2.45, 2.75) is 51.5 Å². The number of carbonyl (C=O) groups excluding carboxylic acids is 1. The molecule has 1 aliphatic carbocycles. The van der Waals surface area contributed by atoms with Gasteiger partial charge in [0.1, 0.15) is 0 Å². The van der Waals surface area contributed by atoms with Gasteiger partial charge < -0.3 is 4.90 Å². The number of hydrogen-bond donors (Lipinski definition) is 0. The van der Waals surface area contributed by atoms with Crippen LogP contribution in [0.15, 0.2) is 0 Å². The molecule has 0 aromatic carbocycles. The Morgan fingerprint density at radius 3 is 2.73 bits per heavy atom. The number of carbonyl (C=O) groups is 1. The van der Waals surface area contributed by atoms with Gasteiger partial charge >= 0.3 is 0 Å². The molecule has 1 amide bonds. The second kappa shape index (κ2) is 3.50. The Kier molecular flexibility index (Phi) is 2.26. The van der Waals surface area contributed by atoms with Crippen molar-refractivity contribution < 1.29 is 4.79 Å². The Morgan fingerprint density at radius 1 is 1.20 bits per heavy atom. The predicted octanol–water partition coefficient (Wildman–Crippen LogP) is 2.43. The summed E-state index contributed by atoms with van der Waals surface area (Å²) in [5.74, 6) is 3.00. The van der Waals surface area contributed by atoms with Gasteiger partial charge in [0.15, 0.2) is 0 Å². The molecule has 2 saturated heterocycles. The summed E-state index contributed by atoms with van der Waals surface area (Å²) >= 11 is 0. The maximum atomic E-state index is 11.9. The van der Waals surface area contributed by atoms with Crippen LogP contribution in [0.1, 0.15) is 45.4 Å². The van der Waals surface area contributed by atoms with E-state index < -0.39 is 0 Å². The van der Waals surface area contributed by atoms with E-state index in [0.717, 1.165) is 37.1 Å². The van der Waals surface area contributed by atoms with E-state index in [9.17, 15) is 4.79 Å². The highest BCUT2D eigenvalue weighted by atomic mass is 16.2. The number of hydrogen-bond acceptors (Lipinski definition) is 1. The lowest BCUT2D eigenvalue weighted by Crippen LogP contribution is -2.44. The van der Waals surface area contributed by atoms with Crippen molar-refractivity contribution in [1.29, 1.82) is 0 Å². The third-order valence-electron chi connectivity index (χ3n) is 4.76. The van der Waals surface area contributed by atoms with Crippen LogP contribution >= 0.6 is 0 Å². The highest BCUT2D eigenvalue weighted by molar-refractivity contribution is 5.77. The SMILES string of the molecule is CC1C[C@H]2CCCC(=O)N3CC[C@@H](C1)[C@@H]23. The van der Waals surface area contributed by atoms with E-state index in [1.54, 1.807) is 0 Å². The van der Waals surface area contributed by atoms with E-state index in [4.69, 9.17) is 0 Å². The third kappa shape index (κ3) is 1.49. The number of amides is 1. The molecular formula is C13H21NO. The smallest absolute Gasteiger partial charge is 0.222 e. The number of rotatable bonds is 0. The van der Waals surface area contributed by atoms with E-state index in [2.05, 4.69) is 11.8 Å². The van der Waals surface area contributed by atoms with E-state index in [1.807, 2.05) is 0 Å². The van der Waals surface area contributed by atoms with Crippen molar-refractivity contribution in [3.63, 3.8) is 0 Å². The third-order valence-corrected chi connectivity index (χ3v) is 4.76. The summed E-state index contributed by atoms with van der Waals surface area (Å²) in [4.78, 5) is 14.2. The Balaban J connectivity index is 1.88. The number of nitrogens with zero attached hydrogens (tertiary/aromatic N) is 1. The quantitative estimate of drug-likeness (QED) is 0.597. The van der Waals surface area contributed by atoms with Gasteiger partial charge in [-0.3, -0.25) is 4.79 Å². The van der Waals surface area contributed by atoms with E-state index in [1.165, 1.54) is 25.7 Å². The monoisotopic (exact) mass is 207 g/mol. The van der Waals surface area contributed by atoms with Crippen LogP contribution in [-0.4, -0.2) is 23.4 Å². The Morgan fingerprint density at radius 2 is 1.93 bits per heavy atom. The van der Waals surface area contributed by atoms with Gasteiger partial charge in [0.2, 0.25) is 5.91 Å². The summed E-state index contributed by atoms with van der Waals surface area (Å²) in [7, 11) is 0. The van der Waals surface area contributed by atoms with Crippen LogP contribution in [0.5, 0.6) is 0 Å². The first-order valence-electron chi connectivity index (χ1n) is 6.55. The van der Waals surface area contributed by atoms with E-state index in [0.29, 0.717) is 11.9 Å². The van der Waals surface area contributed by atoms with Gasteiger partial charge in [-0.15, -0.1) is 0 Å². The standard InChI is InChI=1S/C13H21NO/c1-9-7-10-3-2-4-12(15)14-6-5-11(8-9)13(10)14/h9-11,13H,2-8H2,1H3/t9?,10-,11+,13-/m1/s1. The Bertz CT molecular complexity index is 276. The minimum atomic E-state index is 0.444. The topological polar surface area (TPSA) is 20.3 Å². The molecule has 3 rings (SSSR count). The maximum absolute atomic E-state index is 11.9. The summed E-state index contributed by atoms with van der Waals surface area (Å²) < 4.78 is 0. The second-order valence-electron chi connectivity index (χ2n) is 5.86. The van der Waals surface area contributed by atoms with Gasteiger partial charge in [0, 0.05) is 19.0 Å². The summed E-state index contributed by atoms with van der Waals surface area (Å²) in [6, 6.07) is 0.635. The van der Waals surface area contributed by atoms with Crippen molar-refractivity contribution >= 4 is 5.91 Å². The molecule has 0 aromatic heterocycles. The van der Waals surface area contributed by atoms with Gasteiger partial charge in [-0.25, -0.2) is 0 Å². The van der Waals surface area contributed by atoms with Gasteiger partial charge in [0.05, 0.1) is 0 Å². The van der Waals surface area contributed by atoms with Crippen molar-refractivity contribution in [3.05, 3.63) is 0 Å². The van der Waals surface area contributed by atoms with E-state index in [-0.39, 0.29) is 0 Å². The van der Waals surface area contributed by atoms with Crippen LogP contribution in [0.4, 0.5) is 0 Å². The molecule has 0 N–H and O–H groups in total. The van der Waals surface area contributed by atoms with Gasteiger partial charge in [-0.2, -0.15) is 0 Å². The van der Waals surface area contributed by atoms with Crippen LogP contribution in [0.2, 0.25) is 0 Å². The van der Waals surface area contributed by atoms with Crippen LogP contribution < -0.4 is 0 Å². The molecule has 15 heavy (non-hydrogen) atoms. The lowest BCUT2D eigenvalue weighted by atomic mass is 9.71. The molecule has 2 aliphatic heterocycles. The van der Waals surface area contributed by atoms with E-state index >= 15 is 0 Å². The zero-order valence-corrected chi connectivity index (χ0v) is 9.61. The average Bonchev–Trinajstić information content (AvgIpc) is 2.53. The Labute approximate surface area is 92.0 Å². The van der Waals surface area contributed by atoms with Crippen LogP contribution in [-0.2, 0) is 4.79 Å². The molecule has 1 unspecified atom stereocenters. The summed E-state index contributed by atoms with van der Waals surface area (Å²) in [6.45, 7) is 3.45. The molecule has 0 spiro atoms. The Hall–Kier alpha value is -0.530. The predicted molar refractivity (Wildman–Crippen MR) is 59.3 cm³/mol. The normalized spacial score (nSPS) is 45.1. The van der Waals surface area contributed by atoms with Gasteiger partial charge in [-0.05, 0) is 49.9 Å². The molecule has 3 aliphatic rings.